The fourth-order valence-corrected chi connectivity index (χ4v) is 1.65. The van der Waals surface area contributed by atoms with Gasteiger partial charge in [0.25, 0.3) is 0 Å². The van der Waals surface area contributed by atoms with Crippen LogP contribution in [-0.2, 0) is 10.2 Å². The molecular formula is C13H20CaO2. The van der Waals surface area contributed by atoms with E-state index in [1.54, 1.807) is 6.92 Å². The molecule has 3 heteroatoms. The van der Waals surface area contributed by atoms with E-state index in [0.29, 0.717) is 0 Å². The Balaban J connectivity index is -0.000000750. The minimum atomic E-state index is -0.853. The molecule has 1 atom stereocenters. The summed E-state index contributed by atoms with van der Waals surface area (Å²) in [7, 11) is 0. The molecule has 0 aliphatic rings. The van der Waals surface area contributed by atoms with Gasteiger partial charge < -0.3 is 7.96 Å². The number of hydrogen-bond acceptors (Lipinski definition) is 1. The van der Waals surface area contributed by atoms with Crippen molar-refractivity contribution in [1.82, 2.24) is 0 Å². The van der Waals surface area contributed by atoms with Crippen LogP contribution in [0.25, 0.3) is 0 Å². The van der Waals surface area contributed by atoms with Crippen LogP contribution in [0, 0.1) is 5.41 Å². The minimum Gasteiger partial charge on any atom is -1.00 e. The molecule has 0 saturated heterocycles. The number of carboxylic acids is 1. The quantitative estimate of drug-likeness (QED) is 0.817. The van der Waals surface area contributed by atoms with E-state index in [4.69, 9.17) is 0 Å². The summed E-state index contributed by atoms with van der Waals surface area (Å²) in [4.78, 5) is 11.5. The first-order valence-electron chi connectivity index (χ1n) is 5.09. The summed E-state index contributed by atoms with van der Waals surface area (Å²) in [5, 5.41) is 9.42. The van der Waals surface area contributed by atoms with Gasteiger partial charge in [-0.2, -0.15) is 0 Å². The van der Waals surface area contributed by atoms with Crippen molar-refractivity contribution in [1.29, 1.82) is 0 Å². The van der Waals surface area contributed by atoms with Crippen LogP contribution >= 0.6 is 0 Å². The molecule has 1 N–H and O–H groups in total. The van der Waals surface area contributed by atoms with E-state index in [2.05, 4.69) is 0 Å². The number of carbonyl (C=O) groups is 1. The molecule has 0 aliphatic carbocycles. The van der Waals surface area contributed by atoms with E-state index >= 15 is 0 Å². The zero-order chi connectivity index (χ0) is 11.7. The Hall–Kier alpha value is -0.0503. The first-order chi connectivity index (χ1) is 6.80. The van der Waals surface area contributed by atoms with E-state index in [-0.39, 0.29) is 46.0 Å². The second-order valence-corrected chi connectivity index (χ2v) is 5.05. The number of rotatable bonds is 2. The molecule has 1 unspecified atom stereocenters. The maximum Gasteiger partial charge on any atom is 2.00 e. The van der Waals surface area contributed by atoms with Crippen LogP contribution in [0.4, 0.5) is 0 Å². The predicted octanol–water partition coefficient (Wildman–Crippen LogP) is 2.92. The summed E-state index contributed by atoms with van der Waals surface area (Å²) in [6.45, 7) is 7.64. The third kappa shape index (κ3) is 2.79. The maximum absolute atomic E-state index is 11.5. The molecule has 16 heavy (non-hydrogen) atoms. The van der Waals surface area contributed by atoms with Gasteiger partial charge in [-0.1, -0.05) is 51.1 Å². The molecule has 2 nitrogen and oxygen atoms in total. The molecule has 1 rings (SSSR count). The number of carboxylic acid groups (broad SMARTS) is 1. The van der Waals surface area contributed by atoms with E-state index < -0.39 is 11.4 Å². The van der Waals surface area contributed by atoms with Crippen molar-refractivity contribution in [2.75, 3.05) is 0 Å². The van der Waals surface area contributed by atoms with Gasteiger partial charge in [0.2, 0.25) is 0 Å². The van der Waals surface area contributed by atoms with E-state index in [1.165, 1.54) is 0 Å². The van der Waals surface area contributed by atoms with Crippen LogP contribution in [-0.4, -0.2) is 48.8 Å². The van der Waals surface area contributed by atoms with Gasteiger partial charge in [0.15, 0.2) is 0 Å². The molecule has 0 fully saturated rings. The average molecular weight is 248 g/mol. The van der Waals surface area contributed by atoms with Crippen molar-refractivity contribution in [3.05, 3.63) is 35.9 Å². The van der Waals surface area contributed by atoms with Crippen molar-refractivity contribution in [2.45, 2.75) is 33.1 Å². The minimum absolute atomic E-state index is 0. The van der Waals surface area contributed by atoms with Crippen LogP contribution in [0.1, 0.15) is 36.1 Å². The fraction of sp³-hybridized carbons (Fsp3) is 0.462. The van der Waals surface area contributed by atoms with Crippen LogP contribution in [0.15, 0.2) is 30.3 Å². The first-order valence-corrected chi connectivity index (χ1v) is 5.09. The van der Waals surface area contributed by atoms with E-state index in [1.807, 2.05) is 51.1 Å². The topological polar surface area (TPSA) is 37.3 Å². The standard InChI is InChI=1S/C13H18O2.Ca.2H/c1-12(2,3)13(4,11(14)15)10-8-6-5-7-9-10;;;/h5-9H,1-4H3,(H,14,15);;;/q;+2;2*-1. The second kappa shape index (κ2) is 5.52. The predicted molar refractivity (Wildman–Crippen MR) is 68.9 cm³/mol. The first kappa shape index (κ1) is 15.9. The van der Waals surface area contributed by atoms with Crippen LogP contribution in [0.3, 0.4) is 0 Å². The molecule has 0 amide bonds. The van der Waals surface area contributed by atoms with Crippen molar-refractivity contribution < 1.29 is 12.8 Å². The maximum atomic E-state index is 11.5. The SMILES string of the molecule is CC(C)(C)C(C)(C(=O)O)c1ccccc1.[Ca+2].[H-].[H-]. The molecule has 0 spiro atoms. The zero-order valence-electron chi connectivity index (χ0n) is 12.4. The summed E-state index contributed by atoms with van der Waals surface area (Å²) in [5.41, 5.74) is -0.320. The van der Waals surface area contributed by atoms with E-state index in [0.717, 1.165) is 5.56 Å². The Bertz CT molecular complexity index is 363. The molecule has 0 aromatic heterocycles. The van der Waals surface area contributed by atoms with Gasteiger partial charge in [-0.15, -0.1) is 0 Å². The molecule has 0 heterocycles. The largest absolute Gasteiger partial charge is 2.00 e. The Morgan fingerprint density at radius 3 is 1.88 bits per heavy atom. The van der Waals surface area contributed by atoms with Gasteiger partial charge in [-0.3, -0.25) is 4.79 Å². The van der Waals surface area contributed by atoms with Gasteiger partial charge in [-0.05, 0) is 17.9 Å². The van der Waals surface area contributed by atoms with Crippen LogP contribution < -0.4 is 0 Å². The zero-order valence-corrected chi connectivity index (χ0v) is 12.7. The number of benzene rings is 1. The molecule has 0 bridgehead atoms. The molecule has 1 aromatic carbocycles. The molecule has 0 aliphatic heterocycles. The number of aliphatic carboxylic acids is 1. The normalized spacial score (nSPS) is 14.8. The third-order valence-electron chi connectivity index (χ3n) is 3.28. The van der Waals surface area contributed by atoms with Gasteiger partial charge >= 0.3 is 43.7 Å². The smallest absolute Gasteiger partial charge is 1.00 e. The van der Waals surface area contributed by atoms with E-state index in [9.17, 15) is 9.90 Å². The average Bonchev–Trinajstić information content (AvgIpc) is 2.16. The summed E-state index contributed by atoms with van der Waals surface area (Å²) in [6, 6.07) is 9.40. The van der Waals surface area contributed by atoms with Crippen molar-refractivity contribution in [2.24, 2.45) is 5.41 Å². The Labute approximate surface area is 130 Å². The monoisotopic (exact) mass is 248 g/mol. The molecule has 86 valence electrons. The van der Waals surface area contributed by atoms with Crippen molar-refractivity contribution in [3.63, 3.8) is 0 Å². The summed E-state index contributed by atoms with van der Waals surface area (Å²) < 4.78 is 0. The molecule has 0 saturated carbocycles. The third-order valence-corrected chi connectivity index (χ3v) is 3.28. The Kier molecular flexibility index (Phi) is 5.51. The Morgan fingerprint density at radius 2 is 1.56 bits per heavy atom. The summed E-state index contributed by atoms with van der Waals surface area (Å²) >= 11 is 0. The van der Waals surface area contributed by atoms with Crippen molar-refractivity contribution in [3.8, 4) is 0 Å². The second-order valence-electron chi connectivity index (χ2n) is 5.05. The van der Waals surface area contributed by atoms with Crippen LogP contribution in [0.2, 0.25) is 0 Å². The molecular weight excluding hydrogens is 228 g/mol. The summed E-state index contributed by atoms with van der Waals surface area (Å²) in [6.07, 6.45) is 0. The van der Waals surface area contributed by atoms with Gasteiger partial charge in [-0.25, -0.2) is 0 Å². The Morgan fingerprint density at radius 1 is 1.12 bits per heavy atom. The summed E-state index contributed by atoms with van der Waals surface area (Å²) in [5.74, 6) is -0.777. The number of hydrogen-bond donors (Lipinski definition) is 1. The van der Waals surface area contributed by atoms with Gasteiger partial charge in [0, 0.05) is 0 Å². The van der Waals surface area contributed by atoms with Crippen LogP contribution in [0.5, 0.6) is 0 Å². The molecule has 0 radical (unpaired) electrons. The van der Waals surface area contributed by atoms with Gasteiger partial charge in [0.05, 0.1) is 5.41 Å². The fourth-order valence-electron chi connectivity index (χ4n) is 1.65. The van der Waals surface area contributed by atoms with Crippen molar-refractivity contribution >= 4 is 43.7 Å². The molecule has 1 aromatic rings. The van der Waals surface area contributed by atoms with Gasteiger partial charge in [0.1, 0.15) is 0 Å².